The first kappa shape index (κ1) is 5.08. The van der Waals surface area contributed by atoms with Crippen LogP contribution in [-0.4, -0.2) is 9.89 Å². The molecule has 0 aromatic rings. The van der Waals surface area contributed by atoms with E-state index in [4.69, 9.17) is 4.74 Å². The van der Waals surface area contributed by atoms with E-state index >= 15 is 0 Å². The van der Waals surface area contributed by atoms with Crippen molar-refractivity contribution in [1.82, 2.24) is 0 Å². The molecule has 1 atom stereocenters. The molecule has 1 aliphatic heterocycles. The van der Waals surface area contributed by atoms with E-state index in [-0.39, 0.29) is 9.89 Å². The van der Waals surface area contributed by atoms with Crippen LogP contribution in [-0.2, 0) is 9.53 Å². The lowest BCUT2D eigenvalue weighted by Crippen LogP contribution is -2.04. The van der Waals surface area contributed by atoms with Crippen molar-refractivity contribution in [3.63, 3.8) is 0 Å². The molecule has 0 amide bonds. The zero-order valence-corrected chi connectivity index (χ0v) is 5.58. The lowest BCUT2D eigenvalue weighted by atomic mass is 10.5. The number of carbonyl (C=O) groups excluding carboxylic acids is 1. The molecular formula is C4H3IO2. The quantitative estimate of drug-likeness (QED) is 0.437. The summed E-state index contributed by atoms with van der Waals surface area (Å²) in [6.07, 6.45) is 2.84. The summed E-state index contributed by atoms with van der Waals surface area (Å²) in [5.74, 6) is 0.0422. The standard InChI is InChI=1S/C4H3IO2/c5-4-3(6)1-2-7-4/h1-2,4H. The van der Waals surface area contributed by atoms with Crippen LogP contribution in [0, 0.1) is 0 Å². The average molecular weight is 210 g/mol. The van der Waals surface area contributed by atoms with E-state index in [1.807, 2.05) is 22.6 Å². The number of hydrogen-bond acceptors (Lipinski definition) is 2. The van der Waals surface area contributed by atoms with Crippen LogP contribution in [0.15, 0.2) is 12.3 Å². The molecule has 0 bridgehead atoms. The molecule has 1 rings (SSSR count). The second-order valence-electron chi connectivity index (χ2n) is 1.16. The molecule has 7 heavy (non-hydrogen) atoms. The number of ketones is 1. The van der Waals surface area contributed by atoms with Crippen LogP contribution in [0.5, 0.6) is 0 Å². The fourth-order valence-electron chi connectivity index (χ4n) is 0.318. The average Bonchev–Trinajstić information content (AvgIpc) is 1.91. The van der Waals surface area contributed by atoms with E-state index in [0.29, 0.717) is 0 Å². The summed E-state index contributed by atoms with van der Waals surface area (Å²) in [5.41, 5.74) is 0. The minimum absolute atomic E-state index is 0.0422. The number of rotatable bonds is 0. The van der Waals surface area contributed by atoms with Gasteiger partial charge in [-0.15, -0.1) is 0 Å². The third-order valence-electron chi connectivity index (χ3n) is 0.654. The highest BCUT2D eigenvalue weighted by atomic mass is 127. The van der Waals surface area contributed by atoms with Gasteiger partial charge in [-0.2, -0.15) is 0 Å². The Labute approximate surface area is 54.7 Å². The molecule has 3 heteroatoms. The number of alkyl halides is 1. The van der Waals surface area contributed by atoms with E-state index in [2.05, 4.69) is 0 Å². The van der Waals surface area contributed by atoms with Crippen molar-refractivity contribution in [3.05, 3.63) is 12.3 Å². The van der Waals surface area contributed by atoms with Crippen LogP contribution < -0.4 is 0 Å². The largest absolute Gasteiger partial charge is 0.479 e. The fraction of sp³-hybridized carbons (Fsp3) is 0.250. The van der Waals surface area contributed by atoms with E-state index in [1.165, 1.54) is 12.3 Å². The van der Waals surface area contributed by atoms with Gasteiger partial charge in [0.1, 0.15) is 0 Å². The lowest BCUT2D eigenvalue weighted by molar-refractivity contribution is -0.116. The van der Waals surface area contributed by atoms with Gasteiger partial charge in [0.25, 0.3) is 0 Å². The summed E-state index contributed by atoms with van der Waals surface area (Å²) in [7, 11) is 0. The summed E-state index contributed by atoms with van der Waals surface area (Å²) in [6.45, 7) is 0. The minimum Gasteiger partial charge on any atom is -0.479 e. The number of hydrogen-bond donors (Lipinski definition) is 0. The zero-order valence-electron chi connectivity index (χ0n) is 3.43. The van der Waals surface area contributed by atoms with E-state index in [0.717, 1.165) is 0 Å². The summed E-state index contributed by atoms with van der Waals surface area (Å²) in [6, 6.07) is 0. The smallest absolute Gasteiger partial charge is 0.210 e. The second-order valence-corrected chi connectivity index (χ2v) is 2.29. The van der Waals surface area contributed by atoms with Gasteiger partial charge in [0.2, 0.25) is 9.89 Å². The van der Waals surface area contributed by atoms with Crippen LogP contribution >= 0.6 is 22.6 Å². The van der Waals surface area contributed by atoms with Crippen LogP contribution in [0.25, 0.3) is 0 Å². The van der Waals surface area contributed by atoms with Gasteiger partial charge >= 0.3 is 0 Å². The highest BCUT2D eigenvalue weighted by Gasteiger charge is 2.15. The van der Waals surface area contributed by atoms with Gasteiger partial charge in [-0.05, 0) is 22.6 Å². The predicted octanol–water partition coefficient (Wildman–Crippen LogP) is 0.861. The molecule has 1 heterocycles. The molecule has 1 unspecified atom stereocenters. The van der Waals surface area contributed by atoms with Crippen molar-refractivity contribution in [2.75, 3.05) is 0 Å². The third-order valence-corrected chi connectivity index (χ3v) is 1.56. The Morgan fingerprint density at radius 2 is 2.57 bits per heavy atom. The van der Waals surface area contributed by atoms with Crippen molar-refractivity contribution in [1.29, 1.82) is 0 Å². The van der Waals surface area contributed by atoms with E-state index in [9.17, 15) is 4.79 Å². The number of ether oxygens (including phenoxy) is 1. The molecule has 2 nitrogen and oxygen atoms in total. The highest BCUT2D eigenvalue weighted by Crippen LogP contribution is 2.10. The molecule has 0 N–H and O–H groups in total. The molecule has 1 aliphatic rings. The lowest BCUT2D eigenvalue weighted by Gasteiger charge is -1.93. The monoisotopic (exact) mass is 210 g/mol. The minimum atomic E-state index is -0.266. The van der Waals surface area contributed by atoms with Gasteiger partial charge in [0.15, 0.2) is 0 Å². The second kappa shape index (κ2) is 1.81. The van der Waals surface area contributed by atoms with Crippen LogP contribution in [0.2, 0.25) is 0 Å². The zero-order chi connectivity index (χ0) is 5.28. The number of carbonyl (C=O) groups is 1. The van der Waals surface area contributed by atoms with Gasteiger partial charge < -0.3 is 4.74 Å². The Morgan fingerprint density at radius 3 is 2.71 bits per heavy atom. The molecule has 0 spiro atoms. The first-order chi connectivity index (χ1) is 3.30. The van der Waals surface area contributed by atoms with Crippen LogP contribution in [0.4, 0.5) is 0 Å². The molecule has 0 aromatic heterocycles. The summed E-state index contributed by atoms with van der Waals surface area (Å²) in [5, 5.41) is 0. The molecule has 0 aliphatic carbocycles. The van der Waals surface area contributed by atoms with Crippen molar-refractivity contribution in [2.24, 2.45) is 0 Å². The predicted molar refractivity (Wildman–Crippen MR) is 33.0 cm³/mol. The molecular weight excluding hydrogens is 207 g/mol. The Kier molecular flexibility index (Phi) is 1.32. The van der Waals surface area contributed by atoms with Crippen LogP contribution in [0.3, 0.4) is 0 Å². The highest BCUT2D eigenvalue weighted by molar-refractivity contribution is 14.1. The van der Waals surface area contributed by atoms with Gasteiger partial charge in [-0.3, -0.25) is 4.79 Å². The topological polar surface area (TPSA) is 26.3 Å². The maximum Gasteiger partial charge on any atom is 0.210 e. The summed E-state index contributed by atoms with van der Waals surface area (Å²) < 4.78 is 4.46. The first-order valence-electron chi connectivity index (χ1n) is 1.80. The summed E-state index contributed by atoms with van der Waals surface area (Å²) >= 11 is 1.92. The Morgan fingerprint density at radius 1 is 1.86 bits per heavy atom. The van der Waals surface area contributed by atoms with Gasteiger partial charge in [0, 0.05) is 6.08 Å². The van der Waals surface area contributed by atoms with Crippen molar-refractivity contribution in [3.8, 4) is 0 Å². The first-order valence-corrected chi connectivity index (χ1v) is 3.05. The normalized spacial score (nSPS) is 28.1. The summed E-state index contributed by atoms with van der Waals surface area (Å²) in [4.78, 5) is 10.4. The third kappa shape index (κ3) is 0.933. The van der Waals surface area contributed by atoms with Crippen molar-refractivity contribution >= 4 is 28.4 Å². The molecule has 38 valence electrons. The Hall–Kier alpha value is -0.0600. The fourth-order valence-corrected chi connectivity index (χ4v) is 0.695. The SMILES string of the molecule is O=C1C=COC1I. The molecule has 0 fully saturated rings. The number of halogens is 1. The Bertz CT molecular complexity index is 119. The van der Waals surface area contributed by atoms with Crippen molar-refractivity contribution < 1.29 is 9.53 Å². The van der Waals surface area contributed by atoms with Gasteiger partial charge in [0.05, 0.1) is 6.26 Å². The molecule has 0 saturated carbocycles. The van der Waals surface area contributed by atoms with Crippen LogP contribution in [0.1, 0.15) is 0 Å². The van der Waals surface area contributed by atoms with E-state index in [1.54, 1.807) is 0 Å². The molecule has 0 radical (unpaired) electrons. The maximum absolute atomic E-state index is 10.4. The molecule has 0 saturated heterocycles. The molecule has 0 aromatic carbocycles. The van der Waals surface area contributed by atoms with Gasteiger partial charge in [-0.1, -0.05) is 0 Å². The van der Waals surface area contributed by atoms with E-state index < -0.39 is 0 Å². The van der Waals surface area contributed by atoms with Gasteiger partial charge in [-0.25, -0.2) is 0 Å². The Balaban J connectivity index is 2.62. The van der Waals surface area contributed by atoms with Crippen molar-refractivity contribution in [2.45, 2.75) is 4.11 Å². The maximum atomic E-state index is 10.4.